The van der Waals surface area contributed by atoms with Gasteiger partial charge in [0.2, 0.25) is 0 Å². The van der Waals surface area contributed by atoms with Gasteiger partial charge in [-0.3, -0.25) is 4.79 Å². The standard InChI is InChI=1S/C12H12BrClFNO/c13-11-9(2-1-3-10(11)15)12(17)16(7-6-14)8-4-5-8/h1-3,8H,4-7H2. The molecule has 0 heterocycles. The topological polar surface area (TPSA) is 20.3 Å². The molecular weight excluding hydrogens is 308 g/mol. The number of hydrogen-bond acceptors (Lipinski definition) is 1. The van der Waals surface area contributed by atoms with Crippen molar-refractivity contribution in [1.82, 2.24) is 4.90 Å². The van der Waals surface area contributed by atoms with Gasteiger partial charge in [0.05, 0.1) is 10.0 Å². The zero-order chi connectivity index (χ0) is 12.4. The van der Waals surface area contributed by atoms with Crippen molar-refractivity contribution in [3.63, 3.8) is 0 Å². The van der Waals surface area contributed by atoms with E-state index in [0.29, 0.717) is 18.0 Å². The minimum absolute atomic E-state index is 0.153. The van der Waals surface area contributed by atoms with E-state index >= 15 is 0 Å². The fraction of sp³-hybridized carbons (Fsp3) is 0.417. The highest BCUT2D eigenvalue weighted by molar-refractivity contribution is 9.10. The summed E-state index contributed by atoms with van der Waals surface area (Å²) in [7, 11) is 0. The Balaban J connectivity index is 2.25. The van der Waals surface area contributed by atoms with E-state index < -0.39 is 5.82 Å². The number of alkyl halides is 1. The molecule has 0 aromatic heterocycles. The van der Waals surface area contributed by atoms with Crippen molar-refractivity contribution in [2.45, 2.75) is 18.9 Å². The van der Waals surface area contributed by atoms with E-state index in [1.807, 2.05) is 0 Å². The van der Waals surface area contributed by atoms with E-state index in [9.17, 15) is 9.18 Å². The fourth-order valence-corrected chi connectivity index (χ4v) is 2.37. The average Bonchev–Trinajstić information content (AvgIpc) is 3.13. The largest absolute Gasteiger partial charge is 0.334 e. The summed E-state index contributed by atoms with van der Waals surface area (Å²) < 4.78 is 13.6. The Morgan fingerprint density at radius 3 is 2.82 bits per heavy atom. The van der Waals surface area contributed by atoms with Crippen molar-refractivity contribution in [3.05, 3.63) is 34.1 Å². The molecule has 0 bridgehead atoms. The van der Waals surface area contributed by atoms with Gasteiger partial charge in [0.15, 0.2) is 0 Å². The third-order valence-electron chi connectivity index (χ3n) is 2.76. The zero-order valence-corrected chi connectivity index (χ0v) is 11.5. The first kappa shape index (κ1) is 12.8. The molecule has 0 unspecified atom stereocenters. The summed E-state index contributed by atoms with van der Waals surface area (Å²) in [5.74, 6) is -0.174. The number of carbonyl (C=O) groups is 1. The summed E-state index contributed by atoms with van der Waals surface area (Å²) in [4.78, 5) is 14.0. The van der Waals surface area contributed by atoms with Gasteiger partial charge in [0.25, 0.3) is 5.91 Å². The second kappa shape index (κ2) is 5.36. The number of nitrogens with zero attached hydrogens (tertiary/aromatic N) is 1. The van der Waals surface area contributed by atoms with Crippen LogP contribution >= 0.6 is 27.5 Å². The van der Waals surface area contributed by atoms with Crippen molar-refractivity contribution < 1.29 is 9.18 Å². The predicted octanol–water partition coefficient (Wildman–Crippen LogP) is 3.43. The third-order valence-corrected chi connectivity index (χ3v) is 3.73. The zero-order valence-electron chi connectivity index (χ0n) is 9.13. The molecule has 0 saturated heterocycles. The first-order valence-electron chi connectivity index (χ1n) is 5.46. The van der Waals surface area contributed by atoms with Crippen LogP contribution in [0.5, 0.6) is 0 Å². The molecule has 92 valence electrons. The maximum Gasteiger partial charge on any atom is 0.255 e. The van der Waals surface area contributed by atoms with Gasteiger partial charge < -0.3 is 4.90 Å². The van der Waals surface area contributed by atoms with E-state index in [-0.39, 0.29) is 16.4 Å². The van der Waals surface area contributed by atoms with Gasteiger partial charge in [-0.15, -0.1) is 11.6 Å². The second-order valence-corrected chi connectivity index (χ2v) is 5.19. The van der Waals surface area contributed by atoms with Crippen molar-refractivity contribution in [2.24, 2.45) is 0 Å². The van der Waals surface area contributed by atoms with Gasteiger partial charge in [0.1, 0.15) is 5.82 Å². The van der Waals surface area contributed by atoms with Crippen LogP contribution in [-0.4, -0.2) is 29.3 Å². The third kappa shape index (κ3) is 2.80. The quantitative estimate of drug-likeness (QED) is 0.778. The molecule has 1 fully saturated rings. The van der Waals surface area contributed by atoms with E-state index in [1.165, 1.54) is 6.07 Å². The predicted molar refractivity (Wildman–Crippen MR) is 68.9 cm³/mol. The Morgan fingerprint density at radius 2 is 2.24 bits per heavy atom. The van der Waals surface area contributed by atoms with Crippen LogP contribution in [0.3, 0.4) is 0 Å². The molecule has 1 aromatic rings. The molecule has 1 aliphatic carbocycles. The Kier molecular flexibility index (Phi) is 4.05. The number of carbonyl (C=O) groups excluding carboxylic acids is 1. The first-order valence-corrected chi connectivity index (χ1v) is 6.79. The van der Waals surface area contributed by atoms with Crippen molar-refractivity contribution >= 4 is 33.4 Å². The molecule has 2 nitrogen and oxygen atoms in total. The van der Waals surface area contributed by atoms with Crippen LogP contribution in [0, 0.1) is 5.82 Å². The number of halogens is 3. The van der Waals surface area contributed by atoms with Crippen LogP contribution in [-0.2, 0) is 0 Å². The number of rotatable bonds is 4. The summed E-state index contributed by atoms with van der Waals surface area (Å²) in [5.41, 5.74) is 0.363. The van der Waals surface area contributed by atoms with Crippen LogP contribution in [0.4, 0.5) is 4.39 Å². The molecule has 1 saturated carbocycles. The van der Waals surface area contributed by atoms with Crippen LogP contribution in [0.2, 0.25) is 0 Å². The monoisotopic (exact) mass is 319 g/mol. The highest BCUT2D eigenvalue weighted by atomic mass is 79.9. The molecule has 0 aliphatic heterocycles. The summed E-state index contributed by atoms with van der Waals surface area (Å²) in [6.45, 7) is 0.508. The molecule has 1 aromatic carbocycles. The SMILES string of the molecule is O=C(c1cccc(F)c1Br)N(CCCl)C1CC1. The number of amides is 1. The van der Waals surface area contributed by atoms with Gasteiger partial charge in [-0.05, 0) is 40.9 Å². The van der Waals surface area contributed by atoms with Crippen molar-refractivity contribution in [2.75, 3.05) is 12.4 Å². The lowest BCUT2D eigenvalue weighted by Crippen LogP contribution is -2.35. The van der Waals surface area contributed by atoms with E-state index in [2.05, 4.69) is 15.9 Å². The molecule has 1 amide bonds. The Bertz CT molecular complexity index is 437. The fourth-order valence-electron chi connectivity index (χ4n) is 1.75. The summed E-state index contributed by atoms with van der Waals surface area (Å²) in [6, 6.07) is 4.76. The Labute approximate surface area is 113 Å². The van der Waals surface area contributed by atoms with Gasteiger partial charge in [-0.2, -0.15) is 0 Å². The second-order valence-electron chi connectivity index (χ2n) is 4.02. The van der Waals surface area contributed by atoms with E-state index in [4.69, 9.17) is 11.6 Å². The van der Waals surface area contributed by atoms with Gasteiger partial charge in [-0.1, -0.05) is 6.07 Å². The molecule has 2 rings (SSSR count). The molecule has 5 heteroatoms. The number of hydrogen-bond donors (Lipinski definition) is 0. The van der Waals surface area contributed by atoms with Crippen LogP contribution in [0.15, 0.2) is 22.7 Å². The first-order chi connectivity index (χ1) is 8.15. The molecule has 1 aliphatic rings. The van der Waals surface area contributed by atoms with Crippen molar-refractivity contribution in [1.29, 1.82) is 0 Å². The van der Waals surface area contributed by atoms with E-state index in [0.717, 1.165) is 12.8 Å². The summed E-state index contributed by atoms with van der Waals surface area (Å²) >= 11 is 8.81. The van der Waals surface area contributed by atoms with Crippen LogP contribution in [0.25, 0.3) is 0 Å². The average molecular weight is 321 g/mol. The smallest absolute Gasteiger partial charge is 0.255 e. The van der Waals surface area contributed by atoms with Crippen LogP contribution < -0.4 is 0 Å². The molecule has 0 atom stereocenters. The summed E-state index contributed by atoms with van der Waals surface area (Å²) in [5, 5.41) is 0. The molecular formula is C12H12BrClFNO. The number of benzene rings is 1. The maximum atomic E-state index is 13.4. The molecule has 0 spiro atoms. The van der Waals surface area contributed by atoms with Gasteiger partial charge in [-0.25, -0.2) is 4.39 Å². The summed E-state index contributed by atoms with van der Waals surface area (Å²) in [6.07, 6.45) is 2.02. The lowest BCUT2D eigenvalue weighted by molar-refractivity contribution is 0.0752. The maximum absolute atomic E-state index is 13.4. The minimum atomic E-state index is -0.419. The minimum Gasteiger partial charge on any atom is -0.334 e. The van der Waals surface area contributed by atoms with Crippen molar-refractivity contribution in [3.8, 4) is 0 Å². The van der Waals surface area contributed by atoms with Gasteiger partial charge >= 0.3 is 0 Å². The molecule has 0 radical (unpaired) electrons. The lowest BCUT2D eigenvalue weighted by Gasteiger charge is -2.21. The van der Waals surface area contributed by atoms with Crippen LogP contribution in [0.1, 0.15) is 23.2 Å². The highest BCUT2D eigenvalue weighted by Crippen LogP contribution is 2.30. The molecule has 17 heavy (non-hydrogen) atoms. The van der Waals surface area contributed by atoms with Gasteiger partial charge in [0, 0.05) is 18.5 Å². The Morgan fingerprint density at radius 1 is 1.53 bits per heavy atom. The highest BCUT2D eigenvalue weighted by Gasteiger charge is 2.33. The molecule has 0 N–H and O–H groups in total. The normalized spacial score (nSPS) is 14.8. The Hall–Kier alpha value is -0.610. The lowest BCUT2D eigenvalue weighted by atomic mass is 10.2. The van der Waals surface area contributed by atoms with E-state index in [1.54, 1.807) is 17.0 Å².